The first-order chi connectivity index (χ1) is 9.77. The molecule has 1 amide bonds. The Kier molecular flexibility index (Phi) is 11.6. The van der Waals surface area contributed by atoms with E-state index in [1.54, 1.807) is 0 Å². The molecule has 0 bridgehead atoms. The normalized spacial score (nSPS) is 12.1. The Morgan fingerprint density at radius 2 is 1.78 bits per heavy atom. The van der Waals surface area contributed by atoms with Crippen molar-refractivity contribution in [1.82, 2.24) is 4.90 Å². The van der Waals surface area contributed by atoms with Crippen LogP contribution < -0.4 is 11.1 Å². The summed E-state index contributed by atoms with van der Waals surface area (Å²) in [6.07, 6.45) is 0. The fourth-order valence-corrected chi connectivity index (χ4v) is 2.07. The third-order valence-electron chi connectivity index (χ3n) is 3.71. The SMILES string of the molecule is CCN(CC)Cc1cccc(NC(=O)[C@@H](N)C(C)(C)C)c1.Cl.Cl. The van der Waals surface area contributed by atoms with Crippen molar-refractivity contribution >= 4 is 36.4 Å². The monoisotopic (exact) mass is 363 g/mol. The van der Waals surface area contributed by atoms with Crippen molar-refractivity contribution < 1.29 is 4.79 Å². The van der Waals surface area contributed by atoms with Gasteiger partial charge in [-0.3, -0.25) is 9.69 Å². The van der Waals surface area contributed by atoms with Gasteiger partial charge < -0.3 is 11.1 Å². The summed E-state index contributed by atoms with van der Waals surface area (Å²) >= 11 is 0. The van der Waals surface area contributed by atoms with Gasteiger partial charge in [-0.1, -0.05) is 46.8 Å². The lowest BCUT2D eigenvalue weighted by Gasteiger charge is -2.26. The third-order valence-corrected chi connectivity index (χ3v) is 3.71. The van der Waals surface area contributed by atoms with E-state index < -0.39 is 6.04 Å². The molecule has 3 N–H and O–H groups in total. The molecule has 0 aliphatic carbocycles. The smallest absolute Gasteiger partial charge is 0.241 e. The van der Waals surface area contributed by atoms with Crippen molar-refractivity contribution in [2.75, 3.05) is 18.4 Å². The minimum absolute atomic E-state index is 0. The number of hydrogen-bond acceptors (Lipinski definition) is 3. The highest BCUT2D eigenvalue weighted by Crippen LogP contribution is 2.19. The van der Waals surface area contributed by atoms with Crippen LogP contribution >= 0.6 is 24.8 Å². The molecule has 0 aliphatic heterocycles. The number of halogens is 2. The fourth-order valence-electron chi connectivity index (χ4n) is 2.07. The van der Waals surface area contributed by atoms with Gasteiger partial charge in [0.1, 0.15) is 0 Å². The van der Waals surface area contributed by atoms with E-state index in [4.69, 9.17) is 5.73 Å². The first-order valence-corrected chi connectivity index (χ1v) is 7.65. The molecule has 0 fully saturated rings. The summed E-state index contributed by atoms with van der Waals surface area (Å²) < 4.78 is 0. The maximum atomic E-state index is 12.2. The summed E-state index contributed by atoms with van der Waals surface area (Å²) in [5, 5.41) is 2.92. The van der Waals surface area contributed by atoms with Crippen LogP contribution in [0.15, 0.2) is 24.3 Å². The molecule has 0 heterocycles. The summed E-state index contributed by atoms with van der Waals surface area (Å²) in [4.78, 5) is 14.5. The molecule has 0 aliphatic rings. The van der Waals surface area contributed by atoms with Gasteiger partial charge in [0, 0.05) is 12.2 Å². The zero-order chi connectivity index (χ0) is 16.0. The second-order valence-corrected chi connectivity index (χ2v) is 6.49. The van der Waals surface area contributed by atoms with Crippen molar-refractivity contribution in [3.8, 4) is 0 Å². The van der Waals surface area contributed by atoms with E-state index in [1.807, 2.05) is 39.0 Å². The Hall–Kier alpha value is -0.810. The molecule has 1 atom stereocenters. The lowest BCUT2D eigenvalue weighted by atomic mass is 9.87. The van der Waals surface area contributed by atoms with Crippen LogP contribution in [0, 0.1) is 5.41 Å². The highest BCUT2D eigenvalue weighted by molar-refractivity contribution is 5.95. The van der Waals surface area contributed by atoms with Gasteiger partial charge in [-0.25, -0.2) is 0 Å². The lowest BCUT2D eigenvalue weighted by molar-refractivity contribution is -0.119. The molecule has 6 heteroatoms. The highest BCUT2D eigenvalue weighted by atomic mass is 35.5. The molecule has 0 unspecified atom stereocenters. The zero-order valence-electron chi connectivity index (χ0n) is 14.8. The van der Waals surface area contributed by atoms with Crippen molar-refractivity contribution in [3.05, 3.63) is 29.8 Å². The number of nitrogens with zero attached hydrogens (tertiary/aromatic N) is 1. The van der Waals surface area contributed by atoms with Crippen molar-refractivity contribution in [3.63, 3.8) is 0 Å². The van der Waals surface area contributed by atoms with Crippen LogP contribution in [0.2, 0.25) is 0 Å². The van der Waals surface area contributed by atoms with Crippen LogP contribution in [0.25, 0.3) is 0 Å². The molecule has 1 aromatic carbocycles. The lowest BCUT2D eigenvalue weighted by Crippen LogP contribution is -2.45. The van der Waals surface area contributed by atoms with E-state index in [1.165, 1.54) is 5.56 Å². The second kappa shape index (κ2) is 10.9. The van der Waals surface area contributed by atoms with Gasteiger partial charge in [0.15, 0.2) is 0 Å². The van der Waals surface area contributed by atoms with Gasteiger partial charge in [0.2, 0.25) is 5.91 Å². The molecule has 134 valence electrons. The molecule has 23 heavy (non-hydrogen) atoms. The minimum atomic E-state index is -0.524. The molecule has 0 spiro atoms. The van der Waals surface area contributed by atoms with Gasteiger partial charge in [-0.2, -0.15) is 0 Å². The standard InChI is InChI=1S/C17H29N3O.2ClH/c1-6-20(7-2)12-13-9-8-10-14(11-13)19-16(21)15(18)17(3,4)5;;/h8-11,15H,6-7,12,18H2,1-5H3,(H,19,21);2*1H/t15-;;/m1../s1. The predicted octanol–water partition coefficient (Wildman–Crippen LogP) is 3.68. The van der Waals surface area contributed by atoms with Crippen LogP contribution in [0.5, 0.6) is 0 Å². The topological polar surface area (TPSA) is 58.4 Å². The molecule has 1 rings (SSSR count). The Morgan fingerprint density at radius 3 is 2.26 bits per heavy atom. The largest absolute Gasteiger partial charge is 0.325 e. The number of rotatable bonds is 6. The Labute approximate surface area is 153 Å². The maximum Gasteiger partial charge on any atom is 0.241 e. The first-order valence-electron chi connectivity index (χ1n) is 7.65. The maximum absolute atomic E-state index is 12.2. The summed E-state index contributed by atoms with van der Waals surface area (Å²) in [7, 11) is 0. The van der Waals surface area contributed by atoms with Crippen molar-refractivity contribution in [1.29, 1.82) is 0 Å². The van der Waals surface area contributed by atoms with E-state index >= 15 is 0 Å². The second-order valence-electron chi connectivity index (χ2n) is 6.49. The average molecular weight is 364 g/mol. The van der Waals surface area contributed by atoms with E-state index in [0.29, 0.717) is 0 Å². The Morgan fingerprint density at radius 1 is 1.22 bits per heavy atom. The molecular weight excluding hydrogens is 333 g/mol. The number of nitrogens with two attached hydrogens (primary N) is 1. The van der Waals surface area contributed by atoms with Crippen LogP contribution in [0.1, 0.15) is 40.2 Å². The molecule has 0 radical (unpaired) electrons. The van der Waals surface area contributed by atoms with Gasteiger partial charge in [0.05, 0.1) is 6.04 Å². The molecule has 0 aromatic heterocycles. The number of carbonyl (C=O) groups is 1. The average Bonchev–Trinajstić information content (AvgIpc) is 2.43. The van der Waals surface area contributed by atoms with E-state index in [2.05, 4.69) is 30.1 Å². The van der Waals surface area contributed by atoms with E-state index in [9.17, 15) is 4.79 Å². The van der Waals surface area contributed by atoms with Crippen molar-refractivity contribution in [2.45, 2.75) is 47.2 Å². The van der Waals surface area contributed by atoms with Crippen LogP contribution in [0.3, 0.4) is 0 Å². The van der Waals surface area contributed by atoms with Crippen molar-refractivity contribution in [2.24, 2.45) is 11.1 Å². The van der Waals surface area contributed by atoms with Crippen LogP contribution in [0.4, 0.5) is 5.69 Å². The Bertz CT molecular complexity index is 471. The van der Waals surface area contributed by atoms with Gasteiger partial charge in [0.25, 0.3) is 0 Å². The number of hydrogen-bond donors (Lipinski definition) is 2. The van der Waals surface area contributed by atoms with E-state index in [-0.39, 0.29) is 36.1 Å². The molecule has 1 aromatic rings. The number of nitrogens with one attached hydrogen (secondary N) is 1. The van der Waals surface area contributed by atoms with Crippen LogP contribution in [-0.2, 0) is 11.3 Å². The van der Waals surface area contributed by atoms with Gasteiger partial charge >= 0.3 is 0 Å². The third kappa shape index (κ3) is 8.02. The van der Waals surface area contributed by atoms with Gasteiger partial charge in [-0.15, -0.1) is 24.8 Å². The number of anilines is 1. The van der Waals surface area contributed by atoms with Crippen LogP contribution in [-0.4, -0.2) is 29.9 Å². The summed E-state index contributed by atoms with van der Waals surface area (Å²) in [6, 6.07) is 7.45. The number of carbonyl (C=O) groups excluding carboxylic acids is 1. The van der Waals surface area contributed by atoms with E-state index in [0.717, 1.165) is 25.3 Å². The Balaban J connectivity index is 0. The predicted molar refractivity (Wildman–Crippen MR) is 104 cm³/mol. The molecule has 0 saturated carbocycles. The quantitative estimate of drug-likeness (QED) is 0.810. The highest BCUT2D eigenvalue weighted by Gasteiger charge is 2.27. The molecular formula is C17H31Cl2N3O. The minimum Gasteiger partial charge on any atom is -0.325 e. The van der Waals surface area contributed by atoms with Gasteiger partial charge in [-0.05, 0) is 36.2 Å². The fraction of sp³-hybridized carbons (Fsp3) is 0.588. The summed E-state index contributed by atoms with van der Waals surface area (Å²) in [5.41, 5.74) is 7.74. The zero-order valence-corrected chi connectivity index (χ0v) is 16.4. The first kappa shape index (κ1) is 24.4. The summed E-state index contributed by atoms with van der Waals surface area (Å²) in [5.74, 6) is -0.137. The summed E-state index contributed by atoms with van der Waals surface area (Å²) in [6.45, 7) is 13.1. The molecule has 0 saturated heterocycles. The number of benzene rings is 1. The number of amides is 1. The molecule has 4 nitrogen and oxygen atoms in total.